The molecule has 5 rings (SSSR count). The average Bonchev–Trinajstić information content (AvgIpc) is 3.02. The fourth-order valence-electron chi connectivity index (χ4n) is 3.64. The monoisotopic (exact) mass is 396 g/mol. The molecule has 1 nitrogen and oxygen atoms in total. The first-order chi connectivity index (χ1) is 12.8. The first-order valence-electron chi connectivity index (χ1n) is 8.57. The lowest BCUT2D eigenvalue weighted by Gasteiger charge is -2.08. The maximum absolute atomic E-state index is 3.66. The van der Waals surface area contributed by atoms with E-state index >= 15 is 0 Å². The fourth-order valence-corrected chi connectivity index (χ4v) is 4.13. The van der Waals surface area contributed by atoms with Crippen LogP contribution in [-0.4, -0.2) is 4.57 Å². The van der Waals surface area contributed by atoms with Gasteiger partial charge in [-0.3, -0.25) is 0 Å². The zero-order valence-corrected chi connectivity index (χ0v) is 15.6. The van der Waals surface area contributed by atoms with Crippen LogP contribution in [0.3, 0.4) is 0 Å². The van der Waals surface area contributed by atoms with E-state index in [9.17, 15) is 0 Å². The number of allylic oxidation sites excluding steroid dienone is 6. The molecule has 1 aromatic heterocycles. The highest BCUT2D eigenvalue weighted by atomic mass is 79.9. The Hall–Kier alpha value is -2.93. The molecule has 0 aliphatic heterocycles. The van der Waals surface area contributed by atoms with Crippen LogP contribution in [0.15, 0.2) is 95.5 Å². The van der Waals surface area contributed by atoms with Crippen molar-refractivity contribution >= 4 is 43.3 Å². The van der Waals surface area contributed by atoms with Crippen LogP contribution >= 0.6 is 15.9 Å². The van der Waals surface area contributed by atoms with Gasteiger partial charge in [-0.05, 0) is 24.3 Å². The molecular weight excluding hydrogens is 382 g/mol. The summed E-state index contributed by atoms with van der Waals surface area (Å²) in [6.07, 6.45) is 9.13. The summed E-state index contributed by atoms with van der Waals surface area (Å²) in [5, 5.41) is 2.55. The van der Waals surface area contributed by atoms with Crippen LogP contribution in [0.1, 0.15) is 5.56 Å². The summed E-state index contributed by atoms with van der Waals surface area (Å²) in [4.78, 5) is 0. The van der Waals surface area contributed by atoms with Gasteiger partial charge >= 0.3 is 0 Å². The number of hydrogen-bond donors (Lipinski definition) is 0. The number of halogens is 1. The quantitative estimate of drug-likeness (QED) is 0.327. The van der Waals surface area contributed by atoms with Gasteiger partial charge in [0.2, 0.25) is 0 Å². The van der Waals surface area contributed by atoms with E-state index in [2.05, 4.69) is 105 Å². The van der Waals surface area contributed by atoms with Gasteiger partial charge < -0.3 is 4.57 Å². The van der Waals surface area contributed by atoms with Gasteiger partial charge in [-0.2, -0.15) is 0 Å². The summed E-state index contributed by atoms with van der Waals surface area (Å²) in [6, 6.07) is 25.9. The Bertz CT molecular complexity index is 1220. The first kappa shape index (κ1) is 15.3. The van der Waals surface area contributed by atoms with E-state index in [-0.39, 0.29) is 0 Å². The van der Waals surface area contributed by atoms with E-state index < -0.39 is 0 Å². The van der Waals surface area contributed by atoms with Crippen molar-refractivity contribution < 1.29 is 0 Å². The number of rotatable bonds is 2. The highest BCUT2D eigenvalue weighted by Crippen LogP contribution is 2.35. The highest BCUT2D eigenvalue weighted by molar-refractivity contribution is 9.12. The molecule has 122 valence electrons. The Balaban J connectivity index is 1.87. The third-order valence-electron chi connectivity index (χ3n) is 4.81. The van der Waals surface area contributed by atoms with Crippen LogP contribution in [0.4, 0.5) is 0 Å². The van der Waals surface area contributed by atoms with Gasteiger partial charge in [0.25, 0.3) is 0 Å². The van der Waals surface area contributed by atoms with Crippen LogP contribution < -0.4 is 0 Å². The zero-order chi connectivity index (χ0) is 17.5. The molecule has 0 radical (unpaired) electrons. The largest absolute Gasteiger partial charge is 0.309 e. The Morgan fingerprint density at radius 2 is 1.54 bits per heavy atom. The first-order valence-corrected chi connectivity index (χ1v) is 9.37. The molecule has 0 fully saturated rings. The van der Waals surface area contributed by atoms with Crippen molar-refractivity contribution in [2.24, 2.45) is 0 Å². The maximum Gasteiger partial charge on any atom is 0.137 e. The van der Waals surface area contributed by atoms with Gasteiger partial charge in [0.1, 0.15) is 22.2 Å². The summed E-state index contributed by atoms with van der Waals surface area (Å²) in [5.74, 6) is 0. The van der Waals surface area contributed by atoms with Crippen molar-refractivity contribution in [2.45, 2.75) is 0 Å². The average molecular weight is 397 g/mol. The van der Waals surface area contributed by atoms with Crippen LogP contribution in [0, 0.1) is 6.08 Å². The molecule has 0 unspecified atom stereocenters. The molecule has 0 N–H and O–H groups in total. The number of nitrogens with zero attached hydrogens (tertiary/aromatic N) is 1. The number of hydrogen-bond acceptors (Lipinski definition) is 0. The summed E-state index contributed by atoms with van der Waals surface area (Å²) in [7, 11) is 0. The third-order valence-corrected chi connectivity index (χ3v) is 5.47. The van der Waals surface area contributed by atoms with E-state index in [1.54, 1.807) is 0 Å². The fraction of sp³-hybridized carbons (Fsp3) is 0. The minimum absolute atomic E-state index is 1.06. The Morgan fingerprint density at radius 3 is 2.38 bits per heavy atom. The lowest BCUT2D eigenvalue weighted by Crippen LogP contribution is -1.94. The van der Waals surface area contributed by atoms with E-state index in [1.807, 2.05) is 12.2 Å². The predicted octanol–water partition coefficient (Wildman–Crippen LogP) is 6.82. The van der Waals surface area contributed by atoms with E-state index in [0.29, 0.717) is 0 Å². The SMILES string of the molecule is BrC1=C(c2ccc3c4ccccc4n(-c4ccccc4)c3c2)C=C[C+]=C1. The molecule has 0 atom stereocenters. The van der Waals surface area contributed by atoms with Crippen molar-refractivity contribution in [3.63, 3.8) is 0 Å². The molecule has 26 heavy (non-hydrogen) atoms. The van der Waals surface area contributed by atoms with Crippen molar-refractivity contribution in [3.8, 4) is 5.69 Å². The van der Waals surface area contributed by atoms with Gasteiger partial charge in [0.15, 0.2) is 0 Å². The van der Waals surface area contributed by atoms with E-state index in [0.717, 1.165) is 4.48 Å². The second-order valence-electron chi connectivity index (χ2n) is 6.33. The van der Waals surface area contributed by atoms with Gasteiger partial charge in [0.05, 0.1) is 17.1 Å². The molecule has 2 heteroatoms. The molecule has 3 aromatic carbocycles. The maximum atomic E-state index is 3.66. The molecule has 1 heterocycles. The molecule has 0 spiro atoms. The molecule has 1 aliphatic carbocycles. The standard InChI is InChI=1S/C24H15BrN/c25-22-12-6-4-10-19(22)17-14-15-21-20-11-5-7-13-23(20)26(24(21)16-17)18-8-2-1-3-9-18/h1-5,7-16H/q+1. The number of fused-ring (bicyclic) bond motifs is 3. The molecule has 0 saturated heterocycles. The van der Waals surface area contributed by atoms with Crippen LogP contribution in [0.5, 0.6) is 0 Å². The highest BCUT2D eigenvalue weighted by Gasteiger charge is 2.17. The van der Waals surface area contributed by atoms with Crippen LogP contribution in [0.25, 0.3) is 33.1 Å². The molecule has 1 aliphatic rings. The van der Waals surface area contributed by atoms with E-state index in [4.69, 9.17) is 0 Å². The van der Waals surface area contributed by atoms with E-state index in [1.165, 1.54) is 38.6 Å². The summed E-state index contributed by atoms with van der Waals surface area (Å²) < 4.78 is 3.40. The second-order valence-corrected chi connectivity index (χ2v) is 7.18. The molecule has 0 saturated carbocycles. The number of para-hydroxylation sites is 2. The second kappa shape index (κ2) is 6.10. The Kier molecular flexibility index (Phi) is 3.60. The Morgan fingerprint density at radius 1 is 0.769 bits per heavy atom. The molecule has 4 aromatic rings. The van der Waals surface area contributed by atoms with Crippen molar-refractivity contribution in [1.29, 1.82) is 0 Å². The summed E-state index contributed by atoms with van der Waals surface area (Å²) >= 11 is 3.66. The van der Waals surface area contributed by atoms with Crippen LogP contribution in [0.2, 0.25) is 0 Å². The number of benzene rings is 3. The summed E-state index contributed by atoms with van der Waals surface area (Å²) in [6.45, 7) is 0. The molecular formula is C24H15BrN+. The van der Waals surface area contributed by atoms with Crippen molar-refractivity contribution in [1.82, 2.24) is 4.57 Å². The van der Waals surface area contributed by atoms with Crippen molar-refractivity contribution in [3.05, 3.63) is 107 Å². The van der Waals surface area contributed by atoms with Crippen molar-refractivity contribution in [2.75, 3.05) is 0 Å². The zero-order valence-electron chi connectivity index (χ0n) is 14.0. The minimum atomic E-state index is 1.06. The van der Waals surface area contributed by atoms with Gasteiger partial charge in [-0.15, -0.1) is 0 Å². The third kappa shape index (κ3) is 2.35. The lowest BCUT2D eigenvalue weighted by molar-refractivity contribution is 1.18. The molecule has 0 amide bonds. The Labute approximate surface area is 160 Å². The van der Waals surface area contributed by atoms with Gasteiger partial charge in [-0.1, -0.05) is 48.5 Å². The predicted molar refractivity (Wildman–Crippen MR) is 114 cm³/mol. The smallest absolute Gasteiger partial charge is 0.137 e. The minimum Gasteiger partial charge on any atom is -0.309 e. The number of aromatic nitrogens is 1. The topological polar surface area (TPSA) is 4.93 Å². The van der Waals surface area contributed by atoms with Crippen LogP contribution in [-0.2, 0) is 0 Å². The normalized spacial score (nSPS) is 13.6. The molecule has 0 bridgehead atoms. The van der Waals surface area contributed by atoms with Gasteiger partial charge in [-0.25, -0.2) is 0 Å². The van der Waals surface area contributed by atoms with Gasteiger partial charge in [0, 0.05) is 44.0 Å². The lowest BCUT2D eigenvalue weighted by atomic mass is 10.0. The summed E-state index contributed by atoms with van der Waals surface area (Å²) in [5.41, 5.74) is 5.99.